The van der Waals surface area contributed by atoms with Crippen LogP contribution in [0.15, 0.2) is 59.6 Å². The molecule has 2 aliphatic heterocycles. The second-order valence-corrected chi connectivity index (χ2v) is 12.4. The molecule has 220 valence electrons. The molecule has 0 bridgehead atoms. The molecule has 0 unspecified atom stereocenters. The number of aliphatic imine (C=N–C) groups is 1. The molecule has 0 saturated carbocycles. The average Bonchev–Trinajstić information content (AvgIpc) is 3.02. The molecule has 2 aliphatic rings. The Hall–Kier alpha value is -3.88. The number of piperidine rings is 1. The third-order valence-corrected chi connectivity index (χ3v) is 7.25. The molecular formula is C32H42N4O5. The summed E-state index contributed by atoms with van der Waals surface area (Å²) in [5.41, 5.74) is 2.10. The summed E-state index contributed by atoms with van der Waals surface area (Å²) in [5, 5.41) is 2.70. The number of alkyl carbamates (subject to hydrolysis) is 1. The summed E-state index contributed by atoms with van der Waals surface area (Å²) < 4.78 is 11.2. The molecule has 1 saturated heterocycles. The van der Waals surface area contributed by atoms with Crippen molar-refractivity contribution in [3.05, 3.63) is 65.7 Å². The van der Waals surface area contributed by atoms with Gasteiger partial charge in [-0.25, -0.2) is 9.59 Å². The maximum Gasteiger partial charge on any atom is 0.410 e. The Labute approximate surface area is 242 Å². The summed E-state index contributed by atoms with van der Waals surface area (Å²) >= 11 is 0. The molecule has 0 radical (unpaired) electrons. The minimum Gasteiger partial charge on any atom is -0.445 e. The van der Waals surface area contributed by atoms with Gasteiger partial charge in [0, 0.05) is 18.7 Å². The van der Waals surface area contributed by atoms with E-state index in [-0.39, 0.29) is 17.9 Å². The molecule has 0 aliphatic carbocycles. The summed E-state index contributed by atoms with van der Waals surface area (Å²) in [6.07, 6.45) is -0.269. The number of benzodiazepines with no additional fused rings is 1. The van der Waals surface area contributed by atoms with Gasteiger partial charge in [-0.15, -0.1) is 0 Å². The molecule has 0 spiro atoms. The van der Waals surface area contributed by atoms with Gasteiger partial charge in [-0.3, -0.25) is 20.0 Å². The monoisotopic (exact) mass is 562 g/mol. The first-order chi connectivity index (χ1) is 19.4. The van der Waals surface area contributed by atoms with Crippen LogP contribution in [0.3, 0.4) is 0 Å². The smallest absolute Gasteiger partial charge is 0.410 e. The molecule has 2 heterocycles. The Balaban J connectivity index is 1.74. The van der Waals surface area contributed by atoms with Crippen LogP contribution in [-0.4, -0.2) is 59.6 Å². The van der Waals surface area contributed by atoms with Gasteiger partial charge in [-0.1, -0.05) is 69.3 Å². The SMILES string of the molecule is CCCN1C(=O)[C@H](NC(=O)OCc2ccccc2)N=C([C@H]2CC(C)(C)CCN2C(=O)OC(C)(C)C)c2ccccc21. The number of carbonyl (C=O) groups is 3. The number of fused-ring (bicyclic) bond motifs is 1. The van der Waals surface area contributed by atoms with E-state index in [0.29, 0.717) is 37.3 Å². The molecule has 1 N–H and O–H groups in total. The number of amides is 3. The van der Waals surface area contributed by atoms with Gasteiger partial charge in [0.05, 0.1) is 17.4 Å². The van der Waals surface area contributed by atoms with Gasteiger partial charge in [0.2, 0.25) is 6.17 Å². The molecular weight excluding hydrogens is 520 g/mol. The predicted octanol–water partition coefficient (Wildman–Crippen LogP) is 5.91. The molecule has 2 aromatic carbocycles. The Morgan fingerprint density at radius 1 is 1.07 bits per heavy atom. The zero-order chi connectivity index (χ0) is 29.8. The van der Waals surface area contributed by atoms with Crippen molar-refractivity contribution < 1.29 is 23.9 Å². The number of carbonyl (C=O) groups excluding carboxylic acids is 3. The molecule has 9 nitrogen and oxygen atoms in total. The Morgan fingerprint density at radius 2 is 1.76 bits per heavy atom. The first-order valence-corrected chi connectivity index (χ1v) is 14.3. The van der Waals surface area contributed by atoms with Crippen molar-refractivity contribution in [1.82, 2.24) is 10.2 Å². The number of nitrogens with one attached hydrogen (secondary N) is 1. The van der Waals surface area contributed by atoms with Crippen LogP contribution in [0.1, 0.15) is 71.9 Å². The van der Waals surface area contributed by atoms with E-state index >= 15 is 0 Å². The number of para-hydroxylation sites is 1. The summed E-state index contributed by atoms with van der Waals surface area (Å²) in [7, 11) is 0. The minimum absolute atomic E-state index is 0.0618. The normalized spacial score (nSPS) is 20.4. The molecule has 9 heteroatoms. The number of rotatable bonds is 6. The maximum absolute atomic E-state index is 13.9. The van der Waals surface area contributed by atoms with Crippen LogP contribution in [0.2, 0.25) is 0 Å². The van der Waals surface area contributed by atoms with Crippen molar-refractivity contribution in [2.45, 2.75) is 85.2 Å². The molecule has 4 rings (SSSR count). The van der Waals surface area contributed by atoms with Gasteiger partial charge in [-0.05, 0) is 57.1 Å². The Morgan fingerprint density at radius 3 is 2.44 bits per heavy atom. The largest absolute Gasteiger partial charge is 0.445 e. The second-order valence-electron chi connectivity index (χ2n) is 12.4. The summed E-state index contributed by atoms with van der Waals surface area (Å²) in [4.78, 5) is 48.6. The quantitative estimate of drug-likeness (QED) is 0.472. The van der Waals surface area contributed by atoms with E-state index in [0.717, 1.165) is 17.5 Å². The molecule has 3 amide bonds. The third kappa shape index (κ3) is 7.45. The number of likely N-dealkylation sites (tertiary alicyclic amines) is 1. The summed E-state index contributed by atoms with van der Waals surface area (Å²) in [6.45, 7) is 12.8. The lowest BCUT2D eigenvalue weighted by molar-refractivity contribution is -0.120. The van der Waals surface area contributed by atoms with E-state index in [1.54, 1.807) is 9.80 Å². The molecule has 41 heavy (non-hydrogen) atoms. The molecule has 0 aromatic heterocycles. The highest BCUT2D eigenvalue weighted by atomic mass is 16.6. The minimum atomic E-state index is -1.22. The highest BCUT2D eigenvalue weighted by Crippen LogP contribution is 2.38. The summed E-state index contributed by atoms with van der Waals surface area (Å²) in [5.74, 6) is -0.357. The van der Waals surface area contributed by atoms with Crippen molar-refractivity contribution in [2.24, 2.45) is 10.4 Å². The second kappa shape index (κ2) is 12.3. The van der Waals surface area contributed by atoms with Crippen molar-refractivity contribution in [2.75, 3.05) is 18.0 Å². The maximum atomic E-state index is 13.9. The lowest BCUT2D eigenvalue weighted by Crippen LogP contribution is -2.54. The van der Waals surface area contributed by atoms with E-state index in [1.807, 2.05) is 82.3 Å². The first kappa shape index (κ1) is 30.1. The molecule has 2 atom stereocenters. The van der Waals surface area contributed by atoms with E-state index in [1.165, 1.54) is 0 Å². The fourth-order valence-electron chi connectivity index (χ4n) is 5.24. The van der Waals surface area contributed by atoms with E-state index < -0.39 is 30.0 Å². The Kier molecular flexibility index (Phi) is 9.05. The highest BCUT2D eigenvalue weighted by Gasteiger charge is 2.43. The lowest BCUT2D eigenvalue weighted by atomic mass is 9.76. The van der Waals surface area contributed by atoms with E-state index in [2.05, 4.69) is 19.2 Å². The van der Waals surface area contributed by atoms with Gasteiger partial charge in [0.25, 0.3) is 5.91 Å². The molecule has 2 aromatic rings. The van der Waals surface area contributed by atoms with Crippen LogP contribution in [0, 0.1) is 5.41 Å². The fraction of sp³-hybridized carbons (Fsp3) is 0.500. The van der Waals surface area contributed by atoms with Crippen LogP contribution in [0.5, 0.6) is 0 Å². The van der Waals surface area contributed by atoms with Crippen LogP contribution < -0.4 is 10.2 Å². The number of hydrogen-bond acceptors (Lipinski definition) is 6. The van der Waals surface area contributed by atoms with Gasteiger partial charge in [0.15, 0.2) is 0 Å². The van der Waals surface area contributed by atoms with Crippen molar-refractivity contribution >= 4 is 29.5 Å². The van der Waals surface area contributed by atoms with Crippen LogP contribution in [0.4, 0.5) is 15.3 Å². The van der Waals surface area contributed by atoms with Crippen molar-refractivity contribution in [3.63, 3.8) is 0 Å². The number of nitrogens with zero attached hydrogens (tertiary/aromatic N) is 3. The highest BCUT2D eigenvalue weighted by molar-refractivity contribution is 6.15. The fourth-order valence-corrected chi connectivity index (χ4v) is 5.24. The third-order valence-electron chi connectivity index (χ3n) is 7.25. The van der Waals surface area contributed by atoms with Crippen molar-refractivity contribution in [1.29, 1.82) is 0 Å². The van der Waals surface area contributed by atoms with Crippen LogP contribution in [0.25, 0.3) is 0 Å². The topological polar surface area (TPSA) is 101 Å². The molecule has 1 fully saturated rings. The van der Waals surface area contributed by atoms with Crippen LogP contribution in [-0.2, 0) is 20.9 Å². The van der Waals surface area contributed by atoms with Crippen molar-refractivity contribution in [3.8, 4) is 0 Å². The zero-order valence-electron chi connectivity index (χ0n) is 25.0. The van der Waals surface area contributed by atoms with Gasteiger partial charge >= 0.3 is 12.2 Å². The Bertz CT molecular complexity index is 1280. The number of anilines is 1. The standard InChI is InChI=1S/C32H42N4O5/c1-7-18-35-24-16-12-11-15-23(24)26(25-20-32(5,6)17-19-36(25)30(39)41-31(2,3)4)33-27(28(35)37)34-29(38)40-21-22-13-9-8-10-14-22/h8-16,25,27H,7,17-21H2,1-6H3,(H,34,38)/t25-,27+/m1/s1. The lowest BCUT2D eigenvalue weighted by Gasteiger charge is -2.44. The number of hydrogen-bond donors (Lipinski definition) is 1. The summed E-state index contributed by atoms with van der Waals surface area (Å²) in [6, 6.07) is 16.5. The number of ether oxygens (including phenoxy) is 2. The number of benzene rings is 2. The average molecular weight is 563 g/mol. The van der Waals surface area contributed by atoms with E-state index in [4.69, 9.17) is 14.5 Å². The van der Waals surface area contributed by atoms with Gasteiger partial charge in [0.1, 0.15) is 12.2 Å². The van der Waals surface area contributed by atoms with E-state index in [9.17, 15) is 14.4 Å². The zero-order valence-corrected chi connectivity index (χ0v) is 25.0. The first-order valence-electron chi connectivity index (χ1n) is 14.3. The predicted molar refractivity (Wildman–Crippen MR) is 159 cm³/mol. The van der Waals surface area contributed by atoms with Crippen LogP contribution >= 0.6 is 0 Å². The van der Waals surface area contributed by atoms with Gasteiger partial charge < -0.3 is 14.4 Å². The van der Waals surface area contributed by atoms with Gasteiger partial charge in [-0.2, -0.15) is 0 Å².